The lowest BCUT2D eigenvalue weighted by Crippen LogP contribution is -2.50. The Bertz CT molecular complexity index is 523. The zero-order chi connectivity index (χ0) is 15.2. The molecule has 1 aliphatic carbocycles. The first kappa shape index (κ1) is 15.3. The lowest BCUT2D eigenvalue weighted by Gasteiger charge is -2.36. The van der Waals surface area contributed by atoms with Gasteiger partial charge >= 0.3 is 0 Å². The van der Waals surface area contributed by atoms with E-state index in [9.17, 15) is 4.39 Å². The van der Waals surface area contributed by atoms with Gasteiger partial charge in [-0.3, -0.25) is 4.90 Å². The molecule has 1 aromatic carbocycles. The number of alkyl halides is 1. The molecule has 0 bridgehead atoms. The molecule has 1 N–H and O–H groups in total. The van der Waals surface area contributed by atoms with Crippen LogP contribution in [0.25, 0.3) is 0 Å². The van der Waals surface area contributed by atoms with Crippen molar-refractivity contribution in [2.75, 3.05) is 19.6 Å². The Morgan fingerprint density at radius 2 is 2.09 bits per heavy atom. The molecule has 0 saturated carbocycles. The van der Waals surface area contributed by atoms with Crippen LogP contribution in [0.15, 0.2) is 54.3 Å². The predicted molar refractivity (Wildman–Crippen MR) is 89.5 cm³/mol. The number of hydrogen-bond acceptors (Lipinski definition) is 2. The molecule has 0 aromatic heterocycles. The van der Waals surface area contributed by atoms with Crippen molar-refractivity contribution in [1.29, 1.82) is 0 Å². The van der Waals surface area contributed by atoms with Crippen molar-refractivity contribution in [1.82, 2.24) is 10.2 Å². The minimum Gasteiger partial charge on any atom is -0.383 e. The van der Waals surface area contributed by atoms with E-state index < -0.39 is 6.17 Å². The quantitative estimate of drug-likeness (QED) is 0.896. The van der Waals surface area contributed by atoms with Crippen molar-refractivity contribution in [3.8, 4) is 0 Å². The Hall–Kier alpha value is -1.61. The average molecular weight is 300 g/mol. The van der Waals surface area contributed by atoms with E-state index >= 15 is 0 Å². The normalized spacial score (nSPS) is 25.8. The molecule has 0 amide bonds. The molecule has 22 heavy (non-hydrogen) atoms. The summed E-state index contributed by atoms with van der Waals surface area (Å²) in [5.74, 6) is 0. The summed E-state index contributed by atoms with van der Waals surface area (Å²) in [6.45, 7) is 2.48. The first-order valence-corrected chi connectivity index (χ1v) is 8.34. The van der Waals surface area contributed by atoms with E-state index in [0.717, 1.165) is 38.8 Å². The van der Waals surface area contributed by atoms with Gasteiger partial charge in [-0.15, -0.1) is 0 Å². The van der Waals surface area contributed by atoms with E-state index in [2.05, 4.69) is 52.7 Å². The van der Waals surface area contributed by atoms with Crippen molar-refractivity contribution in [3.05, 3.63) is 59.8 Å². The summed E-state index contributed by atoms with van der Waals surface area (Å²) in [6.07, 6.45) is 9.48. The number of nitrogens with zero attached hydrogens (tertiary/aromatic N) is 1. The van der Waals surface area contributed by atoms with Crippen molar-refractivity contribution < 1.29 is 4.39 Å². The van der Waals surface area contributed by atoms with Gasteiger partial charge in [-0.25, -0.2) is 4.39 Å². The van der Waals surface area contributed by atoms with Crippen LogP contribution in [0.3, 0.4) is 0 Å². The number of rotatable bonds is 5. The van der Waals surface area contributed by atoms with Crippen LogP contribution in [0.4, 0.5) is 4.39 Å². The Morgan fingerprint density at radius 1 is 1.23 bits per heavy atom. The molecule has 1 saturated heterocycles. The standard InChI is InChI=1S/C19H25FN2/c20-18-15-22(13-11-16-7-3-1-4-8-16)14-12-19(18)21-17-9-5-2-6-10-17/h1-5,7-9,18-19,21H,6,10-15H2. The van der Waals surface area contributed by atoms with Gasteiger partial charge in [0.2, 0.25) is 0 Å². The number of hydrogen-bond donors (Lipinski definition) is 1. The summed E-state index contributed by atoms with van der Waals surface area (Å²) in [7, 11) is 0. The molecule has 118 valence electrons. The molecule has 3 heteroatoms. The van der Waals surface area contributed by atoms with Crippen LogP contribution in [0.1, 0.15) is 24.8 Å². The molecule has 2 nitrogen and oxygen atoms in total. The van der Waals surface area contributed by atoms with Gasteiger partial charge in [0.05, 0.1) is 6.04 Å². The summed E-state index contributed by atoms with van der Waals surface area (Å²) in [4.78, 5) is 2.25. The third-order valence-corrected chi connectivity index (χ3v) is 4.57. The van der Waals surface area contributed by atoms with E-state index in [0.29, 0.717) is 6.54 Å². The van der Waals surface area contributed by atoms with Gasteiger partial charge in [0.25, 0.3) is 0 Å². The molecule has 1 aromatic rings. The summed E-state index contributed by atoms with van der Waals surface area (Å²) in [5.41, 5.74) is 2.52. The van der Waals surface area contributed by atoms with Crippen molar-refractivity contribution in [2.24, 2.45) is 0 Å². The molecule has 2 aliphatic rings. The number of likely N-dealkylation sites (tertiary alicyclic amines) is 1. The molecule has 2 unspecified atom stereocenters. The van der Waals surface area contributed by atoms with Crippen molar-refractivity contribution in [3.63, 3.8) is 0 Å². The van der Waals surface area contributed by atoms with E-state index in [4.69, 9.17) is 0 Å². The molecular formula is C19H25FN2. The fourth-order valence-electron chi connectivity index (χ4n) is 3.23. The third-order valence-electron chi connectivity index (χ3n) is 4.57. The van der Waals surface area contributed by atoms with Crippen LogP contribution in [0.5, 0.6) is 0 Å². The predicted octanol–water partition coefficient (Wildman–Crippen LogP) is 3.47. The maximum absolute atomic E-state index is 14.4. The molecule has 2 atom stereocenters. The van der Waals surface area contributed by atoms with E-state index in [1.165, 1.54) is 11.3 Å². The molecular weight excluding hydrogens is 275 g/mol. The van der Waals surface area contributed by atoms with Crippen LogP contribution in [0, 0.1) is 0 Å². The van der Waals surface area contributed by atoms with E-state index in [1.807, 2.05) is 6.07 Å². The minimum atomic E-state index is -0.781. The Labute approximate surface area is 132 Å². The van der Waals surface area contributed by atoms with E-state index in [1.54, 1.807) is 0 Å². The monoisotopic (exact) mass is 300 g/mol. The first-order valence-electron chi connectivity index (χ1n) is 8.34. The highest BCUT2D eigenvalue weighted by Gasteiger charge is 2.29. The number of halogens is 1. The Balaban J connectivity index is 1.45. The number of allylic oxidation sites excluding steroid dienone is 4. The van der Waals surface area contributed by atoms with Gasteiger partial charge in [0, 0.05) is 25.3 Å². The van der Waals surface area contributed by atoms with Gasteiger partial charge in [-0.05, 0) is 37.3 Å². The number of benzene rings is 1. The molecule has 1 aliphatic heterocycles. The highest BCUT2D eigenvalue weighted by atomic mass is 19.1. The second-order valence-electron chi connectivity index (χ2n) is 6.25. The van der Waals surface area contributed by atoms with E-state index in [-0.39, 0.29) is 6.04 Å². The molecule has 3 rings (SSSR count). The van der Waals surface area contributed by atoms with Crippen LogP contribution in [-0.2, 0) is 6.42 Å². The van der Waals surface area contributed by atoms with Gasteiger partial charge in [-0.2, -0.15) is 0 Å². The second-order valence-corrected chi connectivity index (χ2v) is 6.25. The summed E-state index contributed by atoms with van der Waals surface area (Å²) in [5, 5.41) is 3.41. The summed E-state index contributed by atoms with van der Waals surface area (Å²) in [6, 6.07) is 10.4. The summed E-state index contributed by atoms with van der Waals surface area (Å²) < 4.78 is 14.4. The first-order chi connectivity index (χ1) is 10.8. The SMILES string of the molecule is FC1CN(CCc2ccccc2)CCC1NC1=CC=CCC1. The number of nitrogens with one attached hydrogen (secondary N) is 1. The van der Waals surface area contributed by atoms with Gasteiger partial charge in [-0.1, -0.05) is 42.5 Å². The van der Waals surface area contributed by atoms with Crippen LogP contribution < -0.4 is 5.32 Å². The maximum atomic E-state index is 14.4. The maximum Gasteiger partial charge on any atom is 0.133 e. The second kappa shape index (κ2) is 7.59. The molecule has 1 heterocycles. The van der Waals surface area contributed by atoms with Crippen LogP contribution in [-0.4, -0.2) is 36.7 Å². The van der Waals surface area contributed by atoms with Gasteiger partial charge in [0.1, 0.15) is 6.17 Å². The van der Waals surface area contributed by atoms with Gasteiger partial charge < -0.3 is 5.32 Å². The topological polar surface area (TPSA) is 15.3 Å². The fourth-order valence-corrected chi connectivity index (χ4v) is 3.23. The molecule has 1 fully saturated rings. The van der Waals surface area contributed by atoms with Crippen LogP contribution in [0.2, 0.25) is 0 Å². The van der Waals surface area contributed by atoms with Gasteiger partial charge in [0.15, 0.2) is 0 Å². The van der Waals surface area contributed by atoms with Crippen LogP contribution >= 0.6 is 0 Å². The Morgan fingerprint density at radius 3 is 2.82 bits per heavy atom. The molecule has 0 spiro atoms. The lowest BCUT2D eigenvalue weighted by molar-refractivity contribution is 0.108. The average Bonchev–Trinajstić information content (AvgIpc) is 2.57. The highest BCUT2D eigenvalue weighted by Crippen LogP contribution is 2.18. The number of piperidine rings is 1. The zero-order valence-electron chi connectivity index (χ0n) is 13.0. The smallest absolute Gasteiger partial charge is 0.133 e. The fraction of sp³-hybridized carbons (Fsp3) is 0.474. The van der Waals surface area contributed by atoms with Crippen molar-refractivity contribution >= 4 is 0 Å². The summed E-state index contributed by atoms with van der Waals surface area (Å²) >= 11 is 0. The largest absolute Gasteiger partial charge is 0.383 e. The van der Waals surface area contributed by atoms with Crippen molar-refractivity contribution in [2.45, 2.75) is 37.9 Å². The Kier molecular flexibility index (Phi) is 5.28. The minimum absolute atomic E-state index is 0.0225. The molecule has 0 radical (unpaired) electrons. The lowest BCUT2D eigenvalue weighted by atomic mass is 10.0. The zero-order valence-corrected chi connectivity index (χ0v) is 13.0. The highest BCUT2D eigenvalue weighted by molar-refractivity contribution is 5.17. The third kappa shape index (κ3) is 4.20.